The highest BCUT2D eigenvalue weighted by atomic mass is 16.8. The maximum absolute atomic E-state index is 12.3. The van der Waals surface area contributed by atoms with Crippen LogP contribution in [0, 0.1) is 0 Å². The van der Waals surface area contributed by atoms with Crippen molar-refractivity contribution in [3.63, 3.8) is 0 Å². The predicted molar refractivity (Wildman–Crippen MR) is 320 cm³/mol. The molecule has 40 heteroatoms. The fourth-order valence-corrected chi connectivity index (χ4v) is 12.7. The lowest BCUT2D eigenvalue weighted by molar-refractivity contribution is -0.400. The van der Waals surface area contributed by atoms with Crippen LogP contribution in [-0.2, 0) is 94.7 Å². The third kappa shape index (κ3) is 21.2. The van der Waals surface area contributed by atoms with E-state index in [1.807, 2.05) is 0 Å². The molecule has 21 heterocycles. The number of hydrogen-bond donors (Lipinski definition) is 20. The van der Waals surface area contributed by atoms with Crippen molar-refractivity contribution in [2.24, 2.45) is 0 Å². The van der Waals surface area contributed by atoms with E-state index >= 15 is 0 Å². The fourth-order valence-electron chi connectivity index (χ4n) is 12.7. The maximum Gasteiger partial charge on any atom is 0.187 e. The van der Waals surface area contributed by atoms with E-state index in [1.165, 1.54) is 41.5 Å². The predicted octanol–water partition coefficient (Wildman–Crippen LogP) is -11.8. The van der Waals surface area contributed by atoms with Gasteiger partial charge in [0.1, 0.15) is 159 Å². The van der Waals surface area contributed by atoms with Gasteiger partial charge in [-0.05, 0) is 41.5 Å². The molecule has 21 fully saturated rings. The van der Waals surface area contributed by atoms with Crippen molar-refractivity contribution in [2.45, 2.75) is 293 Å². The van der Waals surface area contributed by atoms with Crippen LogP contribution in [0.3, 0.4) is 0 Å². The number of rotatable bonds is 25. The molecule has 0 spiro atoms. The van der Waals surface area contributed by atoms with Gasteiger partial charge in [-0.15, -0.1) is 0 Å². The summed E-state index contributed by atoms with van der Waals surface area (Å²) in [6, 6.07) is 0. The molecule has 100 heavy (non-hydrogen) atoms. The van der Waals surface area contributed by atoms with E-state index in [9.17, 15) is 102 Å². The van der Waals surface area contributed by atoms with Crippen LogP contribution in [0.2, 0.25) is 0 Å². The Bertz CT molecular complexity index is 2320. The zero-order valence-corrected chi connectivity index (χ0v) is 56.1. The van der Waals surface area contributed by atoms with Crippen LogP contribution in [0.1, 0.15) is 48.0 Å². The molecule has 20 N–H and O–H groups in total. The lowest BCUT2D eigenvalue weighted by Crippen LogP contribution is -2.68. The summed E-state index contributed by atoms with van der Waals surface area (Å²) >= 11 is 0. The Kier molecular flexibility index (Phi) is 32.7. The van der Waals surface area contributed by atoms with Crippen molar-refractivity contribution in [3.05, 3.63) is 0 Å². The molecule has 21 rings (SSSR count). The minimum Gasteiger partial charge on any atom is -0.394 e. The zero-order valence-electron chi connectivity index (χ0n) is 56.1. The van der Waals surface area contributed by atoms with E-state index in [0.717, 1.165) is 0 Å². The Hall–Kier alpha value is -1.60. The first-order valence-electron chi connectivity index (χ1n) is 33.6. The van der Waals surface area contributed by atoms with Gasteiger partial charge in [0.25, 0.3) is 0 Å². The van der Waals surface area contributed by atoms with Crippen LogP contribution in [-0.4, -0.2) is 433 Å². The third-order valence-electron chi connectivity index (χ3n) is 17.6. The SMILES string of the molecule is CC(O)COC[C@H]1O[C@@H]2O[C@H]3[C@H](OCC(C)O)[C@@H](O)[C@@H](O[C@H]4[C@H](O)[C@@H](O)[C@@H](O[C@H]5C[C@@H](O)[C@@H](O[C@H]6[C@H](O)[C@@H](OCC(C)O)[C@@H](O[C@H]7[C@H](O)[C@@H](OCC(C)O)[C@@H](O[C@H]8[C@H](O)[C@@H](O)[C@@H](O[C@H]1[C@H](O)[C@H]2O)O[C@@H]8CO)O[C@@H]7CO)O[C@@H]6CO)O[C@@H]5COCC(C)O)O[C@@H]4COCC(C)O)O[C@@H]3CO. The van der Waals surface area contributed by atoms with Gasteiger partial charge in [0, 0.05) is 6.42 Å². The molecule has 0 amide bonds. The minimum atomic E-state index is -2.23. The minimum absolute atomic E-state index is 0.290. The quantitative estimate of drug-likeness (QED) is 0.0404. The third-order valence-corrected chi connectivity index (χ3v) is 17.6. The summed E-state index contributed by atoms with van der Waals surface area (Å²) in [6.45, 7) is -0.202. The Morgan fingerprint density at radius 3 is 0.920 bits per heavy atom. The molecule has 0 radical (unpaired) electrons. The van der Waals surface area contributed by atoms with E-state index in [4.69, 9.17) is 94.7 Å². The highest BCUT2D eigenvalue weighted by Crippen LogP contribution is 2.40. The fraction of sp³-hybridized carbons (Fsp3) is 1.00. The van der Waals surface area contributed by atoms with E-state index in [-0.39, 0.29) is 19.8 Å². The van der Waals surface area contributed by atoms with Crippen LogP contribution in [0.15, 0.2) is 0 Å². The van der Waals surface area contributed by atoms with Gasteiger partial charge in [-0.2, -0.15) is 0 Å². The summed E-state index contributed by atoms with van der Waals surface area (Å²) in [6.07, 6.45) is -70.9. The van der Waals surface area contributed by atoms with Crippen molar-refractivity contribution in [3.8, 4) is 0 Å². The molecule has 0 aromatic carbocycles. The van der Waals surface area contributed by atoms with Crippen molar-refractivity contribution in [1.82, 2.24) is 0 Å². The monoisotopic (exact) mass is 1470 g/mol. The largest absolute Gasteiger partial charge is 0.394 e. The van der Waals surface area contributed by atoms with Crippen LogP contribution in [0.25, 0.3) is 0 Å². The van der Waals surface area contributed by atoms with Gasteiger partial charge >= 0.3 is 0 Å². The van der Waals surface area contributed by atoms with Crippen LogP contribution in [0.4, 0.5) is 0 Å². The second kappa shape index (κ2) is 39.0. The zero-order chi connectivity index (χ0) is 73.1. The lowest BCUT2D eigenvalue weighted by Gasteiger charge is -2.51. The second-order valence-corrected chi connectivity index (χ2v) is 26.6. The van der Waals surface area contributed by atoms with Gasteiger partial charge in [0.15, 0.2) is 44.0 Å². The first-order valence-corrected chi connectivity index (χ1v) is 33.6. The van der Waals surface area contributed by atoms with Crippen molar-refractivity contribution in [1.29, 1.82) is 0 Å². The van der Waals surface area contributed by atoms with E-state index < -0.39 is 318 Å². The van der Waals surface area contributed by atoms with E-state index in [0.29, 0.717) is 0 Å². The smallest absolute Gasteiger partial charge is 0.187 e. The molecule has 586 valence electrons. The number of hydrogen-bond acceptors (Lipinski definition) is 40. The van der Waals surface area contributed by atoms with Gasteiger partial charge in [0.2, 0.25) is 0 Å². The summed E-state index contributed by atoms with van der Waals surface area (Å²) in [5.74, 6) is 0. The Morgan fingerprint density at radius 1 is 0.270 bits per heavy atom. The Labute approximate surface area is 574 Å². The number of aliphatic hydroxyl groups is 20. The van der Waals surface area contributed by atoms with Crippen molar-refractivity contribution in [2.75, 3.05) is 85.9 Å². The standard InChI is InChI=1S/C60H106O40/c1-21(65)12-81-18-33-28-7-27(71)54(92-33)95-46-30(9-62)90-60(52(42(46)78)85-16-25(5)69)99-47-31(10-63)91-59(53(43(47)79)86-17-26(6)70)98-45-29(8-61)88-56(40(76)36(45)72)96-48-35(20-83-14-23(3)67)94-57(41(77)38(48)74)100-50-32(11-64)89-58(44(80)51(50)84-15-24(4)68)97-49-34(19-82-13-22(2)66)93-55(87-28)39(75)37(49)73/h21-80H,7-20H2,1-6H3/t21?,22?,23?,24?,25?,26?,27-,28+,29-,30-,31-,32-,33-,34-,35-,36-,37-,38-,39-,40-,41-,42+,43+,44-,45-,46-,47-,48-,49-,50-,51-,52-,53-,54-,55+,56-,57-,58-,59-,60-/m1/s1. The van der Waals surface area contributed by atoms with Gasteiger partial charge in [-0.1, -0.05) is 0 Å². The van der Waals surface area contributed by atoms with Gasteiger partial charge in [-0.25, -0.2) is 0 Å². The molecule has 40 atom stereocenters. The molecule has 14 bridgehead atoms. The molecule has 21 aliphatic rings. The normalized spacial score (nSPS) is 46.6. The highest BCUT2D eigenvalue weighted by molar-refractivity contribution is 5.02. The van der Waals surface area contributed by atoms with Crippen LogP contribution in [0.5, 0.6) is 0 Å². The average molecular weight is 1470 g/mol. The summed E-state index contributed by atoms with van der Waals surface area (Å²) in [5, 5.41) is 226. The molecule has 0 aromatic heterocycles. The van der Waals surface area contributed by atoms with E-state index in [2.05, 4.69) is 0 Å². The molecule has 0 aromatic rings. The highest BCUT2D eigenvalue weighted by Gasteiger charge is 2.60. The molecular weight excluding hydrogens is 1360 g/mol. The second-order valence-electron chi connectivity index (χ2n) is 26.6. The molecule has 0 aliphatic carbocycles. The summed E-state index contributed by atoms with van der Waals surface area (Å²) < 4.78 is 122. The van der Waals surface area contributed by atoms with Gasteiger partial charge in [0.05, 0.1) is 129 Å². The molecular formula is C60H106O40. The molecule has 40 nitrogen and oxygen atoms in total. The van der Waals surface area contributed by atoms with E-state index in [1.54, 1.807) is 0 Å². The summed E-state index contributed by atoms with van der Waals surface area (Å²) in [5.41, 5.74) is 0. The lowest BCUT2D eigenvalue weighted by atomic mass is 9.95. The molecule has 21 aliphatic heterocycles. The summed E-state index contributed by atoms with van der Waals surface area (Å²) in [4.78, 5) is 0. The number of ether oxygens (including phenoxy) is 20. The Morgan fingerprint density at radius 2 is 0.540 bits per heavy atom. The van der Waals surface area contributed by atoms with Gasteiger partial charge < -0.3 is 197 Å². The van der Waals surface area contributed by atoms with Crippen molar-refractivity contribution < 1.29 is 197 Å². The Balaban J connectivity index is 1.19. The average Bonchev–Trinajstić information content (AvgIpc) is 0.777. The molecule has 6 unspecified atom stereocenters. The van der Waals surface area contributed by atoms with Crippen LogP contribution >= 0.6 is 0 Å². The molecule has 21 saturated heterocycles. The topological polar surface area (TPSA) is 589 Å². The number of aliphatic hydroxyl groups excluding tert-OH is 20. The van der Waals surface area contributed by atoms with Crippen LogP contribution < -0.4 is 0 Å². The first-order chi connectivity index (χ1) is 47.5. The maximum atomic E-state index is 12.3. The molecule has 0 saturated carbocycles. The van der Waals surface area contributed by atoms with Gasteiger partial charge in [-0.3, -0.25) is 0 Å². The summed E-state index contributed by atoms with van der Waals surface area (Å²) in [7, 11) is 0. The van der Waals surface area contributed by atoms with Crippen molar-refractivity contribution >= 4 is 0 Å². The first kappa shape index (κ1) is 84.0.